The third-order valence-electron chi connectivity index (χ3n) is 3.79. The standard InChI is InChI=1S/C15H20Br2O2/c1-11-7-13(8-12(2)14(11)17)19-10-15(9-16)3-5-18-6-4-15/h7-8H,3-6,9-10H2,1-2H3. The van der Waals surface area contributed by atoms with Crippen LogP contribution in [0.3, 0.4) is 0 Å². The Morgan fingerprint density at radius 1 is 1.21 bits per heavy atom. The highest BCUT2D eigenvalue weighted by Crippen LogP contribution is 2.34. The van der Waals surface area contributed by atoms with Gasteiger partial charge in [-0.15, -0.1) is 0 Å². The SMILES string of the molecule is Cc1cc(OCC2(CBr)CCOCC2)cc(C)c1Br. The summed E-state index contributed by atoms with van der Waals surface area (Å²) in [6, 6.07) is 4.19. The molecule has 2 rings (SSSR count). The number of rotatable bonds is 4. The van der Waals surface area contributed by atoms with Crippen LogP contribution in [0.2, 0.25) is 0 Å². The van der Waals surface area contributed by atoms with Crippen molar-refractivity contribution in [3.05, 3.63) is 27.7 Å². The van der Waals surface area contributed by atoms with Gasteiger partial charge in [0.15, 0.2) is 0 Å². The van der Waals surface area contributed by atoms with E-state index in [9.17, 15) is 0 Å². The molecular formula is C15H20Br2O2. The monoisotopic (exact) mass is 390 g/mol. The van der Waals surface area contributed by atoms with Gasteiger partial charge >= 0.3 is 0 Å². The van der Waals surface area contributed by atoms with Crippen LogP contribution in [0.4, 0.5) is 0 Å². The van der Waals surface area contributed by atoms with Crippen molar-refractivity contribution in [3.8, 4) is 5.75 Å². The Morgan fingerprint density at radius 3 is 2.32 bits per heavy atom. The number of hydrogen-bond donors (Lipinski definition) is 0. The van der Waals surface area contributed by atoms with Gasteiger partial charge in [0.25, 0.3) is 0 Å². The third-order valence-corrected chi connectivity index (χ3v) is 6.23. The molecule has 106 valence electrons. The molecule has 0 amide bonds. The molecule has 1 aliphatic rings. The summed E-state index contributed by atoms with van der Waals surface area (Å²) < 4.78 is 12.7. The lowest BCUT2D eigenvalue weighted by atomic mass is 9.83. The fourth-order valence-corrected chi connectivity index (χ4v) is 3.30. The van der Waals surface area contributed by atoms with Crippen molar-refractivity contribution >= 4 is 31.9 Å². The molecule has 1 fully saturated rings. The zero-order valence-electron chi connectivity index (χ0n) is 11.5. The van der Waals surface area contributed by atoms with Crippen molar-refractivity contribution in [3.63, 3.8) is 0 Å². The van der Waals surface area contributed by atoms with Gasteiger partial charge in [-0.3, -0.25) is 0 Å². The molecule has 1 saturated heterocycles. The number of benzene rings is 1. The van der Waals surface area contributed by atoms with Gasteiger partial charge in [-0.05, 0) is 49.9 Å². The highest BCUT2D eigenvalue weighted by atomic mass is 79.9. The van der Waals surface area contributed by atoms with E-state index < -0.39 is 0 Å². The molecule has 1 aromatic carbocycles. The van der Waals surface area contributed by atoms with E-state index in [2.05, 4.69) is 57.8 Å². The zero-order valence-corrected chi connectivity index (χ0v) is 14.6. The van der Waals surface area contributed by atoms with Gasteiger partial charge in [-0.2, -0.15) is 0 Å². The fraction of sp³-hybridized carbons (Fsp3) is 0.600. The van der Waals surface area contributed by atoms with Crippen LogP contribution in [0.1, 0.15) is 24.0 Å². The molecule has 4 heteroatoms. The Kier molecular flexibility index (Phi) is 5.32. The topological polar surface area (TPSA) is 18.5 Å². The van der Waals surface area contributed by atoms with E-state index in [0.717, 1.165) is 43.7 Å². The van der Waals surface area contributed by atoms with Crippen molar-refractivity contribution in [2.45, 2.75) is 26.7 Å². The summed E-state index contributed by atoms with van der Waals surface area (Å²) in [6.07, 6.45) is 2.12. The van der Waals surface area contributed by atoms with Gasteiger partial charge in [0.1, 0.15) is 5.75 Å². The maximum atomic E-state index is 6.05. The maximum absolute atomic E-state index is 6.05. The Hall–Kier alpha value is -0.0600. The zero-order chi connectivity index (χ0) is 13.9. The minimum Gasteiger partial charge on any atom is -0.493 e. The Bertz CT molecular complexity index is 417. The second kappa shape index (κ2) is 6.59. The average molecular weight is 392 g/mol. The number of aryl methyl sites for hydroxylation is 2. The van der Waals surface area contributed by atoms with Crippen LogP contribution >= 0.6 is 31.9 Å². The molecule has 0 aliphatic carbocycles. The van der Waals surface area contributed by atoms with E-state index >= 15 is 0 Å². The van der Waals surface area contributed by atoms with E-state index in [4.69, 9.17) is 9.47 Å². The number of halogens is 2. The van der Waals surface area contributed by atoms with Crippen LogP contribution in [0.15, 0.2) is 16.6 Å². The summed E-state index contributed by atoms with van der Waals surface area (Å²) in [4.78, 5) is 0. The summed E-state index contributed by atoms with van der Waals surface area (Å²) in [7, 11) is 0. The van der Waals surface area contributed by atoms with Crippen LogP contribution < -0.4 is 4.74 Å². The lowest BCUT2D eigenvalue weighted by Crippen LogP contribution is -2.36. The highest BCUT2D eigenvalue weighted by molar-refractivity contribution is 9.10. The first kappa shape index (κ1) is 15.3. The van der Waals surface area contributed by atoms with Crippen molar-refractivity contribution in [1.82, 2.24) is 0 Å². The molecule has 0 atom stereocenters. The molecule has 0 radical (unpaired) electrons. The Morgan fingerprint density at radius 2 is 1.79 bits per heavy atom. The molecule has 1 heterocycles. The smallest absolute Gasteiger partial charge is 0.119 e. The lowest BCUT2D eigenvalue weighted by Gasteiger charge is -2.35. The number of ether oxygens (including phenoxy) is 2. The second-order valence-corrected chi connectivity index (χ2v) is 6.76. The number of hydrogen-bond acceptors (Lipinski definition) is 2. The molecule has 19 heavy (non-hydrogen) atoms. The molecule has 0 bridgehead atoms. The van der Waals surface area contributed by atoms with E-state index in [-0.39, 0.29) is 5.41 Å². The number of alkyl halides is 1. The highest BCUT2D eigenvalue weighted by Gasteiger charge is 2.32. The average Bonchev–Trinajstić information content (AvgIpc) is 2.43. The predicted octanol–water partition coefficient (Wildman–Crippen LogP) is 4.64. The van der Waals surface area contributed by atoms with E-state index in [1.165, 1.54) is 15.6 Å². The van der Waals surface area contributed by atoms with Crippen LogP contribution in [-0.2, 0) is 4.74 Å². The summed E-state index contributed by atoms with van der Waals surface area (Å²) in [5, 5.41) is 0.970. The van der Waals surface area contributed by atoms with Gasteiger partial charge in [-0.1, -0.05) is 31.9 Å². The van der Waals surface area contributed by atoms with Crippen LogP contribution in [0.5, 0.6) is 5.75 Å². The van der Waals surface area contributed by atoms with Gasteiger partial charge in [0.2, 0.25) is 0 Å². The normalized spacial score (nSPS) is 18.3. The van der Waals surface area contributed by atoms with Crippen LogP contribution in [-0.4, -0.2) is 25.2 Å². The second-order valence-electron chi connectivity index (χ2n) is 5.41. The minimum atomic E-state index is 0.215. The van der Waals surface area contributed by atoms with Crippen LogP contribution in [0.25, 0.3) is 0 Å². The fourth-order valence-electron chi connectivity index (χ4n) is 2.35. The summed E-state index contributed by atoms with van der Waals surface area (Å²) in [5.74, 6) is 0.963. The summed E-state index contributed by atoms with van der Waals surface area (Å²) in [6.45, 7) is 6.63. The first-order valence-corrected chi connectivity index (χ1v) is 8.51. The van der Waals surface area contributed by atoms with Crippen molar-refractivity contribution in [1.29, 1.82) is 0 Å². The molecular weight excluding hydrogens is 372 g/mol. The first-order valence-electron chi connectivity index (χ1n) is 6.60. The van der Waals surface area contributed by atoms with Gasteiger partial charge in [-0.25, -0.2) is 0 Å². The first-order chi connectivity index (χ1) is 9.06. The summed E-state index contributed by atoms with van der Waals surface area (Å²) >= 11 is 7.22. The predicted molar refractivity (Wildman–Crippen MR) is 85.4 cm³/mol. The Balaban J connectivity index is 2.05. The van der Waals surface area contributed by atoms with E-state index in [0.29, 0.717) is 0 Å². The lowest BCUT2D eigenvalue weighted by molar-refractivity contribution is 0.00352. The molecule has 0 spiro atoms. The summed E-state index contributed by atoms with van der Waals surface area (Å²) in [5.41, 5.74) is 2.65. The molecule has 0 saturated carbocycles. The van der Waals surface area contributed by atoms with Gasteiger partial charge < -0.3 is 9.47 Å². The quantitative estimate of drug-likeness (QED) is 0.696. The van der Waals surface area contributed by atoms with E-state index in [1.54, 1.807) is 0 Å². The third kappa shape index (κ3) is 3.73. The van der Waals surface area contributed by atoms with Crippen molar-refractivity contribution in [2.75, 3.05) is 25.2 Å². The van der Waals surface area contributed by atoms with Crippen LogP contribution in [0, 0.1) is 19.3 Å². The Labute approximate surface area is 132 Å². The van der Waals surface area contributed by atoms with E-state index in [1.807, 2.05) is 0 Å². The molecule has 1 aromatic rings. The van der Waals surface area contributed by atoms with Crippen molar-refractivity contribution in [2.24, 2.45) is 5.41 Å². The molecule has 0 unspecified atom stereocenters. The van der Waals surface area contributed by atoms with Gasteiger partial charge in [0.05, 0.1) is 6.61 Å². The molecule has 1 aliphatic heterocycles. The maximum Gasteiger partial charge on any atom is 0.119 e. The van der Waals surface area contributed by atoms with Gasteiger partial charge in [0, 0.05) is 28.4 Å². The molecule has 2 nitrogen and oxygen atoms in total. The molecule has 0 N–H and O–H groups in total. The largest absolute Gasteiger partial charge is 0.493 e. The van der Waals surface area contributed by atoms with Crippen molar-refractivity contribution < 1.29 is 9.47 Å². The molecule has 0 aromatic heterocycles. The minimum absolute atomic E-state index is 0.215.